The second-order valence-corrected chi connectivity index (χ2v) is 5.73. The number of rotatable bonds is 4. The van der Waals surface area contributed by atoms with Crippen molar-refractivity contribution in [2.24, 2.45) is 7.05 Å². The van der Waals surface area contributed by atoms with Crippen molar-refractivity contribution in [2.75, 3.05) is 0 Å². The molecule has 4 heteroatoms. The Kier molecular flexibility index (Phi) is 3.47. The molecule has 2 aromatic rings. The molecule has 0 atom stereocenters. The summed E-state index contributed by atoms with van der Waals surface area (Å²) < 4.78 is 2.20. The van der Waals surface area contributed by atoms with E-state index in [0.29, 0.717) is 12.3 Å². The van der Waals surface area contributed by atoms with Crippen LogP contribution in [0.5, 0.6) is 0 Å². The summed E-state index contributed by atoms with van der Waals surface area (Å²) in [5, 5.41) is 8.76. The Morgan fingerprint density at radius 1 is 1.40 bits per heavy atom. The van der Waals surface area contributed by atoms with E-state index >= 15 is 0 Å². The minimum absolute atomic E-state index is 0.174. The number of carbonyl (C=O) groups is 1. The first kappa shape index (κ1) is 13.2. The van der Waals surface area contributed by atoms with E-state index in [-0.39, 0.29) is 6.42 Å². The molecule has 0 radical (unpaired) electrons. The second kappa shape index (κ2) is 5.27. The van der Waals surface area contributed by atoms with E-state index in [2.05, 4.69) is 17.7 Å². The number of benzene rings is 1. The number of hydrogen-bond donors (Lipinski definition) is 1. The number of aromatic nitrogens is 2. The lowest BCUT2D eigenvalue weighted by molar-refractivity contribution is -0.136. The Morgan fingerprint density at radius 3 is 2.85 bits per heavy atom. The lowest BCUT2D eigenvalue weighted by Crippen LogP contribution is -2.02. The van der Waals surface area contributed by atoms with Gasteiger partial charge in [0, 0.05) is 19.4 Å². The normalized spacial score (nSPS) is 16.1. The van der Waals surface area contributed by atoms with Crippen molar-refractivity contribution in [1.82, 2.24) is 9.55 Å². The fourth-order valence-electron chi connectivity index (χ4n) is 3.22. The summed E-state index contributed by atoms with van der Waals surface area (Å²) in [5.74, 6) is 1.03. The number of aliphatic carboxylic acids is 1. The molecule has 0 aliphatic heterocycles. The second-order valence-electron chi connectivity index (χ2n) is 5.73. The minimum atomic E-state index is -0.752. The number of hydrogen-bond acceptors (Lipinski definition) is 2. The Bertz CT molecular complexity index is 639. The zero-order valence-electron chi connectivity index (χ0n) is 11.8. The van der Waals surface area contributed by atoms with E-state index in [1.54, 1.807) is 0 Å². The summed E-state index contributed by atoms with van der Waals surface area (Å²) in [6.45, 7) is 0. The first-order chi connectivity index (χ1) is 9.65. The van der Waals surface area contributed by atoms with Crippen LogP contribution in [0.3, 0.4) is 0 Å². The van der Waals surface area contributed by atoms with Crippen LogP contribution < -0.4 is 0 Å². The van der Waals surface area contributed by atoms with Crippen molar-refractivity contribution in [3.05, 3.63) is 29.6 Å². The van der Waals surface area contributed by atoms with Crippen LogP contribution in [0.4, 0.5) is 0 Å². The predicted octanol–water partition coefficient (Wildman–Crippen LogP) is 3.25. The summed E-state index contributed by atoms with van der Waals surface area (Å²) in [6.07, 6.45) is 5.83. The van der Waals surface area contributed by atoms with Gasteiger partial charge in [-0.15, -0.1) is 0 Å². The van der Waals surface area contributed by atoms with Gasteiger partial charge in [0.1, 0.15) is 5.82 Å². The zero-order valence-corrected chi connectivity index (χ0v) is 11.8. The molecule has 3 rings (SSSR count). The summed E-state index contributed by atoms with van der Waals surface area (Å²) in [7, 11) is 2.08. The molecule has 1 fully saturated rings. The van der Waals surface area contributed by atoms with Crippen molar-refractivity contribution < 1.29 is 9.90 Å². The molecule has 0 unspecified atom stereocenters. The molecule has 1 N–H and O–H groups in total. The van der Waals surface area contributed by atoms with Gasteiger partial charge < -0.3 is 9.67 Å². The number of fused-ring (bicyclic) bond motifs is 1. The van der Waals surface area contributed by atoms with Gasteiger partial charge in [-0.25, -0.2) is 4.98 Å². The third kappa shape index (κ3) is 2.42. The predicted molar refractivity (Wildman–Crippen MR) is 77.9 cm³/mol. The van der Waals surface area contributed by atoms with Crippen LogP contribution in [-0.4, -0.2) is 20.6 Å². The van der Waals surface area contributed by atoms with Gasteiger partial charge in [-0.3, -0.25) is 4.79 Å². The van der Waals surface area contributed by atoms with Crippen molar-refractivity contribution in [1.29, 1.82) is 0 Å². The summed E-state index contributed by atoms with van der Waals surface area (Å²) in [4.78, 5) is 15.4. The highest BCUT2D eigenvalue weighted by Gasteiger charge is 2.22. The third-order valence-corrected chi connectivity index (χ3v) is 4.33. The van der Waals surface area contributed by atoms with Gasteiger partial charge >= 0.3 is 5.97 Å². The van der Waals surface area contributed by atoms with Gasteiger partial charge in [0.05, 0.1) is 11.0 Å². The van der Waals surface area contributed by atoms with Crippen molar-refractivity contribution in [2.45, 2.75) is 44.4 Å². The van der Waals surface area contributed by atoms with Crippen LogP contribution in [-0.2, 0) is 18.3 Å². The Morgan fingerprint density at radius 2 is 2.15 bits per heavy atom. The Labute approximate surface area is 118 Å². The molecule has 1 aliphatic rings. The van der Waals surface area contributed by atoms with Crippen LogP contribution in [0.1, 0.15) is 49.4 Å². The quantitative estimate of drug-likeness (QED) is 0.929. The molecule has 20 heavy (non-hydrogen) atoms. The van der Waals surface area contributed by atoms with E-state index in [4.69, 9.17) is 10.1 Å². The molecular weight excluding hydrogens is 252 g/mol. The molecule has 0 amide bonds. The molecule has 0 saturated heterocycles. The summed E-state index contributed by atoms with van der Waals surface area (Å²) in [5.41, 5.74) is 3.19. The smallest absolute Gasteiger partial charge is 0.303 e. The van der Waals surface area contributed by atoms with Crippen LogP contribution in [0, 0.1) is 0 Å². The van der Waals surface area contributed by atoms with E-state index in [1.165, 1.54) is 31.5 Å². The Balaban J connectivity index is 1.92. The van der Waals surface area contributed by atoms with Gasteiger partial charge in [0.2, 0.25) is 0 Å². The van der Waals surface area contributed by atoms with Crippen molar-refractivity contribution in [3.8, 4) is 0 Å². The van der Waals surface area contributed by atoms with E-state index in [0.717, 1.165) is 16.6 Å². The van der Waals surface area contributed by atoms with E-state index in [1.807, 2.05) is 12.1 Å². The average molecular weight is 272 g/mol. The number of imidazole rings is 1. The van der Waals surface area contributed by atoms with Gasteiger partial charge in [0.15, 0.2) is 0 Å². The fourth-order valence-corrected chi connectivity index (χ4v) is 3.22. The highest BCUT2D eigenvalue weighted by atomic mass is 16.4. The van der Waals surface area contributed by atoms with Crippen molar-refractivity contribution >= 4 is 17.0 Å². The van der Waals surface area contributed by atoms with Gasteiger partial charge in [0.25, 0.3) is 0 Å². The molecule has 1 aromatic carbocycles. The lowest BCUT2D eigenvalue weighted by atomic mass is 10.1. The van der Waals surface area contributed by atoms with Gasteiger partial charge in [-0.05, 0) is 37.0 Å². The highest BCUT2D eigenvalue weighted by molar-refractivity contribution is 5.77. The van der Waals surface area contributed by atoms with Crippen molar-refractivity contribution in [3.63, 3.8) is 0 Å². The molecule has 1 saturated carbocycles. The molecule has 0 bridgehead atoms. The maximum Gasteiger partial charge on any atom is 0.303 e. The van der Waals surface area contributed by atoms with Crippen LogP contribution in [0.15, 0.2) is 18.2 Å². The zero-order chi connectivity index (χ0) is 14.1. The Hall–Kier alpha value is -1.84. The molecule has 0 spiro atoms. The molecule has 106 valence electrons. The maximum atomic E-state index is 10.6. The standard InChI is InChI=1S/C16H20N2O2/c1-18-14-8-6-11(7-9-15(19)20)10-13(14)17-16(18)12-4-2-3-5-12/h6,8,10,12H,2-5,7,9H2,1H3,(H,19,20). The highest BCUT2D eigenvalue weighted by Crippen LogP contribution is 2.34. The van der Waals surface area contributed by atoms with Gasteiger partial charge in [-0.1, -0.05) is 18.9 Å². The number of aryl methyl sites for hydroxylation is 2. The maximum absolute atomic E-state index is 10.6. The van der Waals surface area contributed by atoms with Gasteiger partial charge in [-0.2, -0.15) is 0 Å². The molecule has 1 aliphatic carbocycles. The molecule has 4 nitrogen and oxygen atoms in total. The average Bonchev–Trinajstić information content (AvgIpc) is 3.04. The third-order valence-electron chi connectivity index (χ3n) is 4.33. The summed E-state index contributed by atoms with van der Waals surface area (Å²) in [6, 6.07) is 6.13. The van der Waals surface area contributed by atoms with Crippen LogP contribution in [0.2, 0.25) is 0 Å². The topological polar surface area (TPSA) is 55.1 Å². The lowest BCUT2D eigenvalue weighted by Gasteiger charge is -2.08. The van der Waals surface area contributed by atoms with E-state index in [9.17, 15) is 4.79 Å². The summed E-state index contributed by atoms with van der Waals surface area (Å²) >= 11 is 0. The molecule has 1 heterocycles. The largest absolute Gasteiger partial charge is 0.481 e. The van der Waals surface area contributed by atoms with Crippen LogP contribution >= 0.6 is 0 Å². The minimum Gasteiger partial charge on any atom is -0.481 e. The van der Waals surface area contributed by atoms with E-state index < -0.39 is 5.97 Å². The fraction of sp³-hybridized carbons (Fsp3) is 0.500. The molecule has 1 aromatic heterocycles. The SMILES string of the molecule is Cn1c(C2CCCC2)nc2cc(CCC(=O)O)ccc21. The first-order valence-corrected chi connectivity index (χ1v) is 7.32. The monoisotopic (exact) mass is 272 g/mol. The first-order valence-electron chi connectivity index (χ1n) is 7.32. The number of carboxylic acid groups (broad SMARTS) is 1. The number of nitrogens with zero attached hydrogens (tertiary/aromatic N) is 2. The van der Waals surface area contributed by atoms with Crippen LogP contribution in [0.25, 0.3) is 11.0 Å². The number of carboxylic acids is 1. The molecular formula is C16H20N2O2.